The summed E-state index contributed by atoms with van der Waals surface area (Å²) in [4.78, 5) is 13.9. The van der Waals surface area contributed by atoms with E-state index in [2.05, 4.69) is 0 Å². The van der Waals surface area contributed by atoms with Crippen molar-refractivity contribution in [1.29, 1.82) is 0 Å². The summed E-state index contributed by atoms with van der Waals surface area (Å²) >= 11 is 0. The van der Waals surface area contributed by atoms with Crippen LogP contribution in [-0.2, 0) is 16.1 Å². The van der Waals surface area contributed by atoms with Crippen LogP contribution in [0.2, 0.25) is 0 Å². The number of carbonyl (C=O) groups is 1. The molecule has 0 radical (unpaired) electrons. The predicted molar refractivity (Wildman–Crippen MR) is 75.1 cm³/mol. The number of carbonyl (C=O) groups excluding carboxylic acids is 1. The van der Waals surface area contributed by atoms with Crippen LogP contribution in [0, 0.1) is 5.92 Å². The van der Waals surface area contributed by atoms with Crippen molar-refractivity contribution in [2.45, 2.75) is 26.5 Å². The Hall–Kier alpha value is -1.55. The number of hydrogen-bond donors (Lipinski definition) is 0. The summed E-state index contributed by atoms with van der Waals surface area (Å²) in [5, 5.41) is 0. The van der Waals surface area contributed by atoms with Crippen molar-refractivity contribution in [1.82, 2.24) is 4.90 Å². The van der Waals surface area contributed by atoms with E-state index in [9.17, 15) is 4.79 Å². The molecule has 0 aromatic heterocycles. The molecule has 0 bridgehead atoms. The minimum Gasteiger partial charge on any atom is -0.497 e. The molecule has 1 rings (SSSR count). The summed E-state index contributed by atoms with van der Waals surface area (Å²) in [5.41, 5.74) is 0.925. The summed E-state index contributed by atoms with van der Waals surface area (Å²) in [7, 11) is 5.39. The summed E-state index contributed by atoms with van der Waals surface area (Å²) in [6.45, 7) is 4.29. The highest BCUT2D eigenvalue weighted by Crippen LogP contribution is 2.15. The smallest absolute Gasteiger partial charge is 0.323 e. The first kappa shape index (κ1) is 15.5. The minimum absolute atomic E-state index is 0.192. The molecule has 0 spiro atoms. The number of methoxy groups -OCH3 is 1. The Morgan fingerprint density at radius 3 is 2.53 bits per heavy atom. The largest absolute Gasteiger partial charge is 0.497 e. The zero-order valence-electron chi connectivity index (χ0n) is 12.3. The van der Waals surface area contributed by atoms with E-state index in [1.165, 1.54) is 0 Å². The number of rotatable bonds is 6. The molecular weight excluding hydrogens is 242 g/mol. The van der Waals surface area contributed by atoms with Crippen molar-refractivity contribution in [2.24, 2.45) is 5.92 Å². The van der Waals surface area contributed by atoms with Gasteiger partial charge in [0.2, 0.25) is 0 Å². The fraction of sp³-hybridized carbons (Fsp3) is 0.533. The molecule has 1 aromatic carbocycles. The minimum atomic E-state index is -0.217. The van der Waals surface area contributed by atoms with E-state index in [0.29, 0.717) is 0 Å². The third kappa shape index (κ3) is 4.56. The molecule has 4 heteroatoms. The van der Waals surface area contributed by atoms with Crippen LogP contribution in [0.25, 0.3) is 0 Å². The number of hydrogen-bond acceptors (Lipinski definition) is 4. The van der Waals surface area contributed by atoms with Crippen LogP contribution in [0.4, 0.5) is 0 Å². The van der Waals surface area contributed by atoms with Crippen LogP contribution < -0.4 is 4.74 Å². The van der Waals surface area contributed by atoms with Gasteiger partial charge in [0.25, 0.3) is 0 Å². The molecule has 0 N–H and O–H groups in total. The number of likely N-dealkylation sites (N-methyl/N-ethyl adjacent to an activating group) is 1. The highest BCUT2D eigenvalue weighted by Gasteiger charge is 2.25. The molecule has 0 aliphatic heterocycles. The van der Waals surface area contributed by atoms with Crippen LogP contribution in [-0.4, -0.2) is 38.1 Å². The topological polar surface area (TPSA) is 38.8 Å². The lowest BCUT2D eigenvalue weighted by Crippen LogP contribution is -2.41. The van der Waals surface area contributed by atoms with Gasteiger partial charge in [0.1, 0.15) is 18.4 Å². The monoisotopic (exact) mass is 265 g/mol. The van der Waals surface area contributed by atoms with Crippen LogP contribution in [0.1, 0.15) is 19.4 Å². The second kappa shape index (κ2) is 7.14. The van der Waals surface area contributed by atoms with Crippen LogP contribution >= 0.6 is 0 Å². The molecule has 0 saturated heterocycles. The molecule has 0 saturated carbocycles. The van der Waals surface area contributed by atoms with E-state index in [0.717, 1.165) is 11.3 Å². The van der Waals surface area contributed by atoms with Gasteiger partial charge in [-0.1, -0.05) is 26.0 Å². The summed E-state index contributed by atoms with van der Waals surface area (Å²) in [6.07, 6.45) is 0. The van der Waals surface area contributed by atoms with Gasteiger partial charge in [-0.3, -0.25) is 9.69 Å². The van der Waals surface area contributed by atoms with Crippen LogP contribution in [0.15, 0.2) is 24.3 Å². The number of nitrogens with zero attached hydrogens (tertiary/aromatic N) is 1. The van der Waals surface area contributed by atoms with Gasteiger partial charge in [-0.15, -0.1) is 0 Å². The molecule has 0 fully saturated rings. The first-order chi connectivity index (χ1) is 8.95. The van der Waals surface area contributed by atoms with Gasteiger partial charge < -0.3 is 9.47 Å². The molecule has 4 nitrogen and oxygen atoms in total. The van der Waals surface area contributed by atoms with Gasteiger partial charge in [0.05, 0.1) is 7.11 Å². The van der Waals surface area contributed by atoms with E-state index < -0.39 is 0 Å². The highest BCUT2D eigenvalue weighted by molar-refractivity contribution is 5.76. The first-order valence-corrected chi connectivity index (χ1v) is 6.41. The predicted octanol–water partition coefficient (Wildman–Crippen LogP) is 2.32. The average molecular weight is 265 g/mol. The highest BCUT2D eigenvalue weighted by atomic mass is 16.5. The maximum Gasteiger partial charge on any atom is 0.323 e. The molecule has 19 heavy (non-hydrogen) atoms. The van der Waals surface area contributed by atoms with Crippen molar-refractivity contribution >= 4 is 5.97 Å². The second-order valence-electron chi connectivity index (χ2n) is 5.11. The van der Waals surface area contributed by atoms with Crippen molar-refractivity contribution in [3.63, 3.8) is 0 Å². The van der Waals surface area contributed by atoms with Gasteiger partial charge in [-0.25, -0.2) is 0 Å². The standard InChI is InChI=1S/C15H23NO3/c1-11(2)14(16(3)4)15(17)19-10-12-7-6-8-13(9-12)18-5/h6-9,11,14H,10H2,1-5H3/t14-/m1/s1. The molecule has 0 amide bonds. The van der Waals surface area contributed by atoms with Gasteiger partial charge in [0.15, 0.2) is 0 Å². The average Bonchev–Trinajstić information content (AvgIpc) is 2.35. The Labute approximate surface area is 115 Å². The first-order valence-electron chi connectivity index (χ1n) is 6.41. The summed E-state index contributed by atoms with van der Waals surface area (Å²) < 4.78 is 10.5. The summed E-state index contributed by atoms with van der Waals surface area (Å²) in [6, 6.07) is 7.31. The molecule has 1 atom stereocenters. The lowest BCUT2D eigenvalue weighted by molar-refractivity contribution is -0.152. The Morgan fingerprint density at radius 1 is 1.32 bits per heavy atom. The Kier molecular flexibility index (Phi) is 5.83. The van der Waals surface area contributed by atoms with Gasteiger partial charge >= 0.3 is 5.97 Å². The van der Waals surface area contributed by atoms with E-state index >= 15 is 0 Å². The van der Waals surface area contributed by atoms with E-state index in [-0.39, 0.29) is 24.5 Å². The Morgan fingerprint density at radius 2 is 2.00 bits per heavy atom. The zero-order valence-corrected chi connectivity index (χ0v) is 12.3. The lowest BCUT2D eigenvalue weighted by Gasteiger charge is -2.25. The quantitative estimate of drug-likeness (QED) is 0.740. The zero-order chi connectivity index (χ0) is 14.4. The number of esters is 1. The molecule has 1 aromatic rings. The van der Waals surface area contributed by atoms with Gasteiger partial charge in [-0.05, 0) is 37.7 Å². The van der Waals surface area contributed by atoms with Crippen LogP contribution in [0.3, 0.4) is 0 Å². The lowest BCUT2D eigenvalue weighted by atomic mass is 10.0. The maximum atomic E-state index is 12.1. The summed E-state index contributed by atoms with van der Waals surface area (Å²) in [5.74, 6) is 0.789. The number of benzene rings is 1. The third-order valence-corrected chi connectivity index (χ3v) is 2.94. The maximum absolute atomic E-state index is 12.1. The van der Waals surface area contributed by atoms with E-state index in [4.69, 9.17) is 9.47 Å². The third-order valence-electron chi connectivity index (χ3n) is 2.94. The Bertz CT molecular complexity index is 408. The number of ether oxygens (including phenoxy) is 2. The Balaban J connectivity index is 2.62. The normalized spacial score (nSPS) is 12.6. The van der Waals surface area contributed by atoms with Crippen molar-refractivity contribution < 1.29 is 14.3 Å². The molecule has 0 aliphatic rings. The molecular formula is C15H23NO3. The molecule has 106 valence electrons. The fourth-order valence-corrected chi connectivity index (χ4v) is 2.08. The van der Waals surface area contributed by atoms with E-state index in [1.54, 1.807) is 7.11 Å². The molecule has 0 aliphatic carbocycles. The second-order valence-corrected chi connectivity index (χ2v) is 5.11. The molecule has 0 unspecified atom stereocenters. The van der Waals surface area contributed by atoms with Crippen molar-refractivity contribution in [2.75, 3.05) is 21.2 Å². The van der Waals surface area contributed by atoms with Gasteiger partial charge in [0, 0.05) is 0 Å². The van der Waals surface area contributed by atoms with Crippen molar-refractivity contribution in [3.05, 3.63) is 29.8 Å². The molecule has 0 heterocycles. The SMILES string of the molecule is COc1cccc(COC(=O)[C@@H](C(C)C)N(C)C)c1. The van der Waals surface area contributed by atoms with Gasteiger partial charge in [-0.2, -0.15) is 0 Å². The fourth-order valence-electron chi connectivity index (χ4n) is 2.08. The van der Waals surface area contributed by atoms with E-state index in [1.807, 2.05) is 57.1 Å². The van der Waals surface area contributed by atoms with Crippen LogP contribution in [0.5, 0.6) is 5.75 Å². The van der Waals surface area contributed by atoms with Crippen molar-refractivity contribution in [3.8, 4) is 5.75 Å².